The van der Waals surface area contributed by atoms with E-state index in [1.165, 1.54) is 49.2 Å². The smallest absolute Gasteiger partial charge is 0.339 e. The number of nitrogens with one attached hydrogen (secondary N) is 1. The number of non-ortho nitro benzene ring substituents is 1. The highest BCUT2D eigenvalue weighted by Gasteiger charge is 2.25. The molecule has 0 aliphatic carbocycles. The third-order valence-corrected chi connectivity index (χ3v) is 6.35. The summed E-state index contributed by atoms with van der Waals surface area (Å²) in [4.78, 5) is 21.4. The van der Waals surface area contributed by atoms with Crippen LogP contribution in [-0.2, 0) is 14.9 Å². The van der Waals surface area contributed by atoms with E-state index in [1.54, 1.807) is 19.1 Å². The van der Waals surface area contributed by atoms with Gasteiger partial charge >= 0.3 is 10.1 Å². The van der Waals surface area contributed by atoms with Gasteiger partial charge in [-0.15, -0.1) is 5.10 Å². The van der Waals surface area contributed by atoms with Crippen molar-refractivity contribution >= 4 is 44.9 Å². The number of hydrogen-bond acceptors (Lipinski definition) is 9. The number of carbonyl (C=O) groups excluding carboxylic acids is 1. The number of benzene rings is 2. The van der Waals surface area contributed by atoms with Crippen LogP contribution in [0.5, 0.6) is 5.75 Å². The van der Waals surface area contributed by atoms with Gasteiger partial charge in [-0.2, -0.15) is 13.5 Å². The molecule has 2 aromatic carbocycles. The number of rotatable bonds is 6. The Kier molecular flexibility index (Phi) is 6.17. The molecule has 10 nitrogen and oxygen atoms in total. The molecule has 3 rings (SSSR count). The lowest BCUT2D eigenvalue weighted by Gasteiger charge is -2.09. The molecule has 156 valence electrons. The molecule has 1 unspecified atom stereocenters. The molecule has 1 heterocycles. The number of amidine groups is 1. The molecule has 1 atom stereocenters. The van der Waals surface area contributed by atoms with Crippen LogP contribution in [0.25, 0.3) is 0 Å². The van der Waals surface area contributed by atoms with Crippen LogP contribution < -0.4 is 9.50 Å². The van der Waals surface area contributed by atoms with E-state index < -0.39 is 15.0 Å². The first-order valence-corrected chi connectivity index (χ1v) is 10.8. The molecule has 1 saturated heterocycles. The lowest BCUT2D eigenvalue weighted by molar-refractivity contribution is -0.385. The Morgan fingerprint density at radius 1 is 1.23 bits per heavy atom. The molecule has 0 spiro atoms. The van der Waals surface area contributed by atoms with Crippen molar-refractivity contribution in [2.75, 3.05) is 0 Å². The van der Waals surface area contributed by atoms with E-state index in [1.807, 2.05) is 0 Å². The van der Waals surface area contributed by atoms with E-state index in [-0.39, 0.29) is 27.5 Å². The fraction of sp³-hybridized carbons (Fsp3) is 0.167. The zero-order valence-corrected chi connectivity index (χ0v) is 17.4. The van der Waals surface area contributed by atoms with Crippen LogP contribution in [0.1, 0.15) is 18.1 Å². The van der Waals surface area contributed by atoms with Gasteiger partial charge < -0.3 is 9.50 Å². The Hall–Kier alpha value is -3.25. The van der Waals surface area contributed by atoms with Gasteiger partial charge in [0, 0.05) is 12.1 Å². The summed E-state index contributed by atoms with van der Waals surface area (Å²) in [6, 6.07) is 9.52. The minimum absolute atomic E-state index is 0.0387. The molecular weight excluding hydrogens is 432 g/mol. The number of amides is 1. The van der Waals surface area contributed by atoms with Crippen LogP contribution in [-0.4, -0.2) is 35.9 Å². The third-order valence-electron chi connectivity index (χ3n) is 3.98. The molecule has 1 fully saturated rings. The highest BCUT2D eigenvalue weighted by atomic mass is 32.2. The van der Waals surface area contributed by atoms with Crippen molar-refractivity contribution in [1.29, 1.82) is 0 Å². The Morgan fingerprint density at radius 3 is 2.53 bits per heavy atom. The second-order valence-corrected chi connectivity index (χ2v) is 9.06. The molecule has 2 aromatic rings. The van der Waals surface area contributed by atoms with Crippen molar-refractivity contribution in [3.8, 4) is 5.75 Å². The first-order chi connectivity index (χ1) is 14.2. The van der Waals surface area contributed by atoms with Gasteiger partial charge in [0.15, 0.2) is 5.17 Å². The quantitative estimate of drug-likeness (QED) is 0.310. The summed E-state index contributed by atoms with van der Waals surface area (Å²) in [7, 11) is -4.25. The molecule has 1 aliphatic rings. The highest BCUT2D eigenvalue weighted by Crippen LogP contribution is 2.25. The lowest BCUT2D eigenvalue weighted by Crippen LogP contribution is -2.23. The normalized spacial score (nSPS) is 18.0. The predicted molar refractivity (Wildman–Crippen MR) is 112 cm³/mol. The molecule has 0 bridgehead atoms. The molecule has 1 aliphatic heterocycles. The van der Waals surface area contributed by atoms with Crippen LogP contribution in [0.3, 0.4) is 0 Å². The van der Waals surface area contributed by atoms with E-state index in [4.69, 9.17) is 4.18 Å². The summed E-state index contributed by atoms with van der Waals surface area (Å²) in [5, 5.41) is 21.5. The number of hydrogen-bond donors (Lipinski definition) is 1. The van der Waals surface area contributed by atoms with E-state index in [0.29, 0.717) is 16.3 Å². The fourth-order valence-electron chi connectivity index (χ4n) is 2.41. The van der Waals surface area contributed by atoms with Gasteiger partial charge in [0.2, 0.25) is 5.91 Å². The van der Waals surface area contributed by atoms with E-state index in [9.17, 15) is 23.3 Å². The third kappa shape index (κ3) is 5.02. The van der Waals surface area contributed by atoms with E-state index in [0.717, 1.165) is 6.07 Å². The molecule has 0 saturated carbocycles. The average molecular weight is 448 g/mol. The van der Waals surface area contributed by atoms with E-state index in [2.05, 4.69) is 15.5 Å². The first kappa shape index (κ1) is 21.5. The molecule has 0 radical (unpaired) electrons. The molecule has 1 amide bonds. The Bertz CT molecular complexity index is 1160. The van der Waals surface area contributed by atoms with Gasteiger partial charge in [0.1, 0.15) is 10.6 Å². The standard InChI is InChI=1S/C18H16N4O6S2/c1-11-3-6-14(22(24)25)9-16(11)30(26,27)28-15-7-4-13(5-8-15)10-19-21-18-20-17(23)12(2)29-18/h3-10,12H,1-2H3,(H,20,21,23)/b19-10-. The van der Waals surface area contributed by atoms with Gasteiger partial charge in [0.05, 0.1) is 16.4 Å². The lowest BCUT2D eigenvalue weighted by atomic mass is 10.2. The summed E-state index contributed by atoms with van der Waals surface area (Å²) in [6.45, 7) is 3.28. The number of thioether (sulfide) groups is 1. The van der Waals surface area contributed by atoms with Crippen molar-refractivity contribution in [1.82, 2.24) is 5.32 Å². The second-order valence-electron chi connectivity index (χ2n) is 6.21. The van der Waals surface area contributed by atoms with Crippen LogP contribution >= 0.6 is 11.8 Å². The number of nitro groups is 1. The van der Waals surface area contributed by atoms with Gasteiger partial charge in [-0.3, -0.25) is 14.9 Å². The van der Waals surface area contributed by atoms with Crippen molar-refractivity contribution in [2.45, 2.75) is 24.0 Å². The van der Waals surface area contributed by atoms with Crippen LogP contribution in [0.2, 0.25) is 0 Å². The second kappa shape index (κ2) is 8.63. The zero-order valence-electron chi connectivity index (χ0n) is 15.8. The van der Waals surface area contributed by atoms with Crippen molar-refractivity contribution in [3.05, 3.63) is 63.7 Å². The maximum Gasteiger partial charge on any atom is 0.339 e. The summed E-state index contributed by atoms with van der Waals surface area (Å²) < 4.78 is 30.2. The minimum atomic E-state index is -4.25. The molecule has 1 N–H and O–H groups in total. The van der Waals surface area contributed by atoms with Crippen LogP contribution in [0, 0.1) is 17.0 Å². The van der Waals surface area contributed by atoms with Crippen molar-refractivity contribution in [2.24, 2.45) is 10.2 Å². The molecule has 12 heteroatoms. The Labute approximate surface area is 176 Å². The summed E-state index contributed by atoms with van der Waals surface area (Å²) in [5.74, 6) is -0.0903. The van der Waals surface area contributed by atoms with Crippen LogP contribution in [0.4, 0.5) is 5.69 Å². The monoisotopic (exact) mass is 448 g/mol. The molecule has 0 aromatic heterocycles. The van der Waals surface area contributed by atoms with Gasteiger partial charge in [-0.1, -0.05) is 17.8 Å². The number of nitrogens with zero attached hydrogens (tertiary/aromatic N) is 3. The molecular formula is C18H16N4O6S2. The largest absolute Gasteiger partial charge is 0.379 e. The van der Waals surface area contributed by atoms with Gasteiger partial charge in [-0.25, -0.2) is 0 Å². The van der Waals surface area contributed by atoms with Crippen LogP contribution in [0.15, 0.2) is 57.6 Å². The zero-order chi connectivity index (χ0) is 21.9. The van der Waals surface area contributed by atoms with Crippen molar-refractivity contribution in [3.63, 3.8) is 0 Å². The first-order valence-electron chi connectivity index (χ1n) is 8.54. The fourth-order valence-corrected chi connectivity index (χ4v) is 4.34. The SMILES string of the molecule is Cc1ccc([N+](=O)[O-])cc1S(=O)(=O)Oc1ccc(/C=N\N=C2\NC(=O)C(C)S2)cc1. The summed E-state index contributed by atoms with van der Waals surface area (Å²) in [5.41, 5.74) is 0.606. The number of aryl methyl sites for hydroxylation is 1. The average Bonchev–Trinajstić information content (AvgIpc) is 3.00. The van der Waals surface area contributed by atoms with Gasteiger partial charge in [-0.05, 0) is 49.2 Å². The summed E-state index contributed by atoms with van der Waals surface area (Å²) in [6.07, 6.45) is 1.44. The van der Waals surface area contributed by atoms with Crippen molar-refractivity contribution < 1.29 is 22.3 Å². The number of nitro benzene ring substituents is 1. The number of carbonyl (C=O) groups is 1. The Morgan fingerprint density at radius 2 is 1.93 bits per heavy atom. The maximum absolute atomic E-state index is 12.5. The highest BCUT2D eigenvalue weighted by molar-refractivity contribution is 8.15. The van der Waals surface area contributed by atoms with Gasteiger partial charge in [0.25, 0.3) is 5.69 Å². The molecule has 30 heavy (non-hydrogen) atoms. The summed E-state index contributed by atoms with van der Waals surface area (Å²) >= 11 is 1.27. The van der Waals surface area contributed by atoms with E-state index >= 15 is 0 Å². The minimum Gasteiger partial charge on any atom is -0.379 e. The maximum atomic E-state index is 12.5. The topological polar surface area (TPSA) is 140 Å². The Balaban J connectivity index is 1.72. The predicted octanol–water partition coefficient (Wildman–Crippen LogP) is 2.61.